The fourth-order valence-electron chi connectivity index (χ4n) is 2.85. The van der Waals surface area contributed by atoms with Gasteiger partial charge >= 0.3 is 0 Å². The van der Waals surface area contributed by atoms with Crippen molar-refractivity contribution in [2.45, 2.75) is 32.2 Å². The standard InChI is InChI=1S/C17H26N2O3.ClH/c1-12(14-4-5-15(21-2)16(11-14)22-3)19-17(20)10-13-6-8-18-9-7-13;/h4-5,11-13,18H,6-10H2,1-3H3,(H,19,20);1H. The molecule has 1 aromatic rings. The highest BCUT2D eigenvalue weighted by Crippen LogP contribution is 2.30. The van der Waals surface area contributed by atoms with Gasteiger partial charge in [0.2, 0.25) is 5.91 Å². The maximum absolute atomic E-state index is 12.2. The molecule has 0 saturated carbocycles. The summed E-state index contributed by atoms with van der Waals surface area (Å²) in [5, 5.41) is 6.40. The second-order valence-electron chi connectivity index (χ2n) is 5.80. The number of hydrogen-bond donors (Lipinski definition) is 2. The van der Waals surface area contributed by atoms with Gasteiger partial charge in [0.05, 0.1) is 20.3 Å². The topological polar surface area (TPSA) is 59.6 Å². The van der Waals surface area contributed by atoms with Crippen molar-refractivity contribution in [3.63, 3.8) is 0 Å². The van der Waals surface area contributed by atoms with Crippen LogP contribution in [0.3, 0.4) is 0 Å². The lowest BCUT2D eigenvalue weighted by Crippen LogP contribution is -2.33. The molecule has 1 amide bonds. The van der Waals surface area contributed by atoms with Gasteiger partial charge in [0.15, 0.2) is 11.5 Å². The monoisotopic (exact) mass is 342 g/mol. The van der Waals surface area contributed by atoms with E-state index in [0.717, 1.165) is 31.5 Å². The van der Waals surface area contributed by atoms with Crippen LogP contribution in [0.15, 0.2) is 18.2 Å². The number of ether oxygens (including phenoxy) is 2. The van der Waals surface area contributed by atoms with Crippen LogP contribution in [-0.2, 0) is 4.79 Å². The van der Waals surface area contributed by atoms with Gasteiger partial charge in [-0.3, -0.25) is 4.79 Å². The highest BCUT2D eigenvalue weighted by molar-refractivity contribution is 5.85. The predicted octanol–water partition coefficient (Wildman–Crippen LogP) is 2.69. The van der Waals surface area contributed by atoms with Crippen molar-refractivity contribution < 1.29 is 14.3 Å². The predicted molar refractivity (Wildman–Crippen MR) is 93.6 cm³/mol. The number of rotatable bonds is 6. The summed E-state index contributed by atoms with van der Waals surface area (Å²) >= 11 is 0. The van der Waals surface area contributed by atoms with Gasteiger partial charge in [0.25, 0.3) is 0 Å². The van der Waals surface area contributed by atoms with Crippen LogP contribution in [0.25, 0.3) is 0 Å². The normalized spacial score (nSPS) is 16.1. The average Bonchev–Trinajstić information content (AvgIpc) is 2.54. The molecule has 0 spiro atoms. The summed E-state index contributed by atoms with van der Waals surface area (Å²) in [4.78, 5) is 12.2. The Bertz CT molecular complexity index is 505. The van der Waals surface area contributed by atoms with E-state index in [0.29, 0.717) is 23.8 Å². The first-order valence-corrected chi connectivity index (χ1v) is 7.86. The summed E-state index contributed by atoms with van der Waals surface area (Å²) in [5.74, 6) is 1.99. The van der Waals surface area contributed by atoms with Crippen molar-refractivity contribution >= 4 is 18.3 Å². The van der Waals surface area contributed by atoms with E-state index in [1.807, 2.05) is 25.1 Å². The molecule has 1 atom stereocenters. The maximum Gasteiger partial charge on any atom is 0.220 e. The van der Waals surface area contributed by atoms with Gasteiger partial charge in [0.1, 0.15) is 0 Å². The van der Waals surface area contributed by atoms with E-state index in [1.165, 1.54) is 0 Å². The second kappa shape index (κ2) is 9.63. The summed E-state index contributed by atoms with van der Waals surface area (Å²) in [6.45, 7) is 4.02. The molecule has 6 heteroatoms. The molecule has 0 bridgehead atoms. The Morgan fingerprint density at radius 2 is 1.91 bits per heavy atom. The molecule has 23 heavy (non-hydrogen) atoms. The highest BCUT2D eigenvalue weighted by Gasteiger charge is 2.18. The van der Waals surface area contributed by atoms with Crippen LogP contribution < -0.4 is 20.1 Å². The molecule has 1 saturated heterocycles. The fourth-order valence-corrected chi connectivity index (χ4v) is 2.85. The van der Waals surface area contributed by atoms with Crippen LogP contribution in [0.2, 0.25) is 0 Å². The Labute approximate surface area is 144 Å². The van der Waals surface area contributed by atoms with Gasteiger partial charge in [-0.25, -0.2) is 0 Å². The van der Waals surface area contributed by atoms with Gasteiger partial charge < -0.3 is 20.1 Å². The van der Waals surface area contributed by atoms with E-state index in [9.17, 15) is 4.79 Å². The molecule has 1 aliphatic rings. The first kappa shape index (κ1) is 19.6. The number of piperidine rings is 1. The SMILES string of the molecule is COc1ccc(C(C)NC(=O)CC2CCNCC2)cc1OC.Cl. The third-order valence-electron chi connectivity index (χ3n) is 4.22. The molecule has 5 nitrogen and oxygen atoms in total. The van der Waals surface area contributed by atoms with Gasteiger partial charge in [-0.15, -0.1) is 12.4 Å². The zero-order chi connectivity index (χ0) is 15.9. The molecule has 2 N–H and O–H groups in total. The van der Waals surface area contributed by atoms with E-state index >= 15 is 0 Å². The van der Waals surface area contributed by atoms with Gasteiger partial charge in [-0.05, 0) is 56.5 Å². The number of carbonyl (C=O) groups is 1. The summed E-state index contributed by atoms with van der Waals surface area (Å²) in [6, 6.07) is 5.68. The maximum atomic E-state index is 12.2. The zero-order valence-electron chi connectivity index (χ0n) is 14.1. The van der Waals surface area contributed by atoms with Crippen molar-refractivity contribution in [1.29, 1.82) is 0 Å². The third-order valence-corrected chi connectivity index (χ3v) is 4.22. The van der Waals surface area contributed by atoms with Gasteiger partial charge in [-0.2, -0.15) is 0 Å². The van der Waals surface area contributed by atoms with E-state index in [4.69, 9.17) is 9.47 Å². The summed E-state index contributed by atoms with van der Waals surface area (Å²) in [5.41, 5.74) is 1.01. The Morgan fingerprint density at radius 3 is 2.52 bits per heavy atom. The Morgan fingerprint density at radius 1 is 1.26 bits per heavy atom. The lowest BCUT2D eigenvalue weighted by atomic mass is 9.94. The van der Waals surface area contributed by atoms with Crippen LogP contribution in [0.4, 0.5) is 0 Å². The van der Waals surface area contributed by atoms with Crippen molar-refractivity contribution in [3.8, 4) is 11.5 Å². The first-order chi connectivity index (χ1) is 10.6. The van der Waals surface area contributed by atoms with Crippen molar-refractivity contribution in [2.75, 3.05) is 27.3 Å². The zero-order valence-corrected chi connectivity index (χ0v) is 14.9. The molecule has 0 aliphatic carbocycles. The van der Waals surface area contributed by atoms with Crippen LogP contribution in [0.1, 0.15) is 37.8 Å². The van der Waals surface area contributed by atoms with Crippen LogP contribution in [0.5, 0.6) is 11.5 Å². The molecular formula is C17H27ClN2O3. The van der Waals surface area contributed by atoms with E-state index in [1.54, 1.807) is 14.2 Å². The number of nitrogens with one attached hydrogen (secondary N) is 2. The quantitative estimate of drug-likeness (QED) is 0.834. The third kappa shape index (κ3) is 5.59. The minimum absolute atomic E-state index is 0. The number of halogens is 1. The molecule has 1 aromatic carbocycles. The highest BCUT2D eigenvalue weighted by atomic mass is 35.5. The van der Waals surface area contributed by atoms with Crippen LogP contribution in [-0.4, -0.2) is 33.2 Å². The van der Waals surface area contributed by atoms with E-state index < -0.39 is 0 Å². The molecule has 0 radical (unpaired) electrons. The Hall–Kier alpha value is -1.46. The van der Waals surface area contributed by atoms with Crippen molar-refractivity contribution in [1.82, 2.24) is 10.6 Å². The fraction of sp³-hybridized carbons (Fsp3) is 0.588. The number of carbonyl (C=O) groups excluding carboxylic acids is 1. The average molecular weight is 343 g/mol. The van der Waals surface area contributed by atoms with Crippen molar-refractivity contribution in [2.24, 2.45) is 5.92 Å². The molecule has 1 heterocycles. The summed E-state index contributed by atoms with van der Waals surface area (Å²) < 4.78 is 10.5. The number of methoxy groups -OCH3 is 2. The number of benzene rings is 1. The van der Waals surface area contributed by atoms with Crippen LogP contribution in [0, 0.1) is 5.92 Å². The summed E-state index contributed by atoms with van der Waals surface area (Å²) in [7, 11) is 3.23. The number of amides is 1. The van der Waals surface area contributed by atoms with E-state index in [-0.39, 0.29) is 24.4 Å². The lowest BCUT2D eigenvalue weighted by Gasteiger charge is -2.23. The minimum Gasteiger partial charge on any atom is -0.493 e. The second-order valence-corrected chi connectivity index (χ2v) is 5.80. The molecule has 130 valence electrons. The minimum atomic E-state index is -0.0472. The largest absolute Gasteiger partial charge is 0.493 e. The summed E-state index contributed by atoms with van der Waals surface area (Å²) in [6.07, 6.45) is 2.77. The molecule has 0 aromatic heterocycles. The molecular weight excluding hydrogens is 316 g/mol. The smallest absolute Gasteiger partial charge is 0.220 e. The molecule has 1 fully saturated rings. The first-order valence-electron chi connectivity index (χ1n) is 7.86. The van der Waals surface area contributed by atoms with E-state index in [2.05, 4.69) is 10.6 Å². The molecule has 1 aliphatic heterocycles. The Balaban J connectivity index is 0.00000264. The molecule has 1 unspecified atom stereocenters. The van der Waals surface area contributed by atoms with Crippen LogP contribution >= 0.6 is 12.4 Å². The van der Waals surface area contributed by atoms with Gasteiger partial charge in [-0.1, -0.05) is 6.07 Å². The molecule has 2 rings (SSSR count). The van der Waals surface area contributed by atoms with Gasteiger partial charge in [0, 0.05) is 6.42 Å². The lowest BCUT2D eigenvalue weighted by molar-refractivity contribution is -0.122. The number of hydrogen-bond acceptors (Lipinski definition) is 4. The van der Waals surface area contributed by atoms with Crippen molar-refractivity contribution in [3.05, 3.63) is 23.8 Å². The Kier molecular flexibility index (Phi) is 8.20.